The third-order valence-electron chi connectivity index (χ3n) is 3.46. The van der Waals surface area contributed by atoms with Crippen molar-refractivity contribution in [3.63, 3.8) is 0 Å². The quantitative estimate of drug-likeness (QED) is 0.689. The average molecular weight is 302 g/mol. The van der Waals surface area contributed by atoms with E-state index < -0.39 is 16.6 Å². The van der Waals surface area contributed by atoms with Crippen LogP contribution in [0.2, 0.25) is 0 Å². The summed E-state index contributed by atoms with van der Waals surface area (Å²) in [6.07, 6.45) is 0. The summed E-state index contributed by atoms with van der Waals surface area (Å²) in [6, 6.07) is 10.1. The van der Waals surface area contributed by atoms with Gasteiger partial charge in [0.05, 0.1) is 20.6 Å². The van der Waals surface area contributed by atoms with Crippen LogP contribution in [-0.4, -0.2) is 4.21 Å². The smallest absolute Gasteiger partial charge is 0.139 e. The van der Waals surface area contributed by atoms with E-state index in [1.807, 2.05) is 26.0 Å². The van der Waals surface area contributed by atoms with E-state index in [0.29, 0.717) is 10.7 Å². The summed E-state index contributed by atoms with van der Waals surface area (Å²) in [5.41, 5.74) is 2.77. The molecule has 0 aliphatic carbocycles. The van der Waals surface area contributed by atoms with Crippen LogP contribution < -0.4 is 0 Å². The molecule has 0 bridgehead atoms. The number of aryl methyl sites for hydroxylation is 3. The van der Waals surface area contributed by atoms with Crippen LogP contribution in [0.5, 0.6) is 0 Å². The van der Waals surface area contributed by atoms with E-state index in [-0.39, 0.29) is 4.90 Å². The molecule has 3 aromatic rings. The second-order valence-electron chi connectivity index (χ2n) is 5.15. The van der Waals surface area contributed by atoms with Crippen molar-refractivity contribution in [3.8, 4) is 0 Å². The number of hydrogen-bond acceptors (Lipinski definition) is 2. The second kappa shape index (κ2) is 5.11. The van der Waals surface area contributed by atoms with E-state index in [1.165, 1.54) is 6.07 Å². The minimum absolute atomic E-state index is 0.183. The van der Waals surface area contributed by atoms with Gasteiger partial charge in [-0.25, -0.2) is 8.60 Å². The monoisotopic (exact) mass is 302 g/mol. The van der Waals surface area contributed by atoms with Crippen LogP contribution in [-0.2, 0) is 10.8 Å². The summed E-state index contributed by atoms with van der Waals surface area (Å²) in [6.45, 7) is 5.70. The van der Waals surface area contributed by atoms with Crippen molar-refractivity contribution in [2.24, 2.45) is 0 Å². The molecule has 1 atom stereocenters. The van der Waals surface area contributed by atoms with E-state index in [0.717, 1.165) is 22.1 Å². The number of rotatable bonds is 2. The highest BCUT2D eigenvalue weighted by Crippen LogP contribution is 2.34. The Labute approximate surface area is 125 Å². The van der Waals surface area contributed by atoms with E-state index >= 15 is 0 Å². The lowest BCUT2D eigenvalue weighted by molar-refractivity contribution is 0.563. The molecule has 21 heavy (non-hydrogen) atoms. The number of fused-ring (bicyclic) bond motifs is 1. The average Bonchev–Trinajstić information content (AvgIpc) is 2.75. The first-order valence-corrected chi connectivity index (χ1v) is 7.80. The molecular weight excluding hydrogens is 287 g/mol. The van der Waals surface area contributed by atoms with Crippen molar-refractivity contribution in [2.75, 3.05) is 0 Å². The zero-order valence-electron chi connectivity index (χ0n) is 12.1. The molecule has 0 saturated carbocycles. The van der Waals surface area contributed by atoms with Gasteiger partial charge in [0.25, 0.3) is 0 Å². The van der Waals surface area contributed by atoms with Gasteiger partial charge < -0.3 is 4.42 Å². The van der Waals surface area contributed by atoms with Gasteiger partial charge in [-0.05, 0) is 50.1 Å². The summed E-state index contributed by atoms with van der Waals surface area (Å²) < 4.78 is 32.4. The Kier molecular flexibility index (Phi) is 3.41. The van der Waals surface area contributed by atoms with Gasteiger partial charge in [0.1, 0.15) is 17.2 Å². The van der Waals surface area contributed by atoms with Crippen LogP contribution in [0.25, 0.3) is 11.0 Å². The molecule has 0 fully saturated rings. The molecule has 108 valence electrons. The SMILES string of the molecule is Cc1cc(C)c2oc(C)c([S@](=O)c3ccccc3F)c2c1. The van der Waals surface area contributed by atoms with Crippen molar-refractivity contribution >= 4 is 21.8 Å². The Morgan fingerprint density at radius 1 is 1.10 bits per heavy atom. The highest BCUT2D eigenvalue weighted by molar-refractivity contribution is 7.85. The molecule has 0 N–H and O–H groups in total. The predicted molar refractivity (Wildman–Crippen MR) is 81.5 cm³/mol. The molecule has 0 unspecified atom stereocenters. The Balaban J connectivity index is 2.28. The molecule has 4 heteroatoms. The van der Waals surface area contributed by atoms with Gasteiger partial charge >= 0.3 is 0 Å². The molecule has 0 aliphatic heterocycles. The molecule has 1 aromatic heterocycles. The van der Waals surface area contributed by atoms with Crippen LogP contribution in [0.1, 0.15) is 16.9 Å². The minimum atomic E-state index is -1.60. The Morgan fingerprint density at radius 2 is 1.81 bits per heavy atom. The lowest BCUT2D eigenvalue weighted by Crippen LogP contribution is -1.97. The summed E-state index contributed by atoms with van der Waals surface area (Å²) in [5, 5.41) is 0.798. The van der Waals surface area contributed by atoms with Crippen LogP contribution in [0.3, 0.4) is 0 Å². The molecule has 1 heterocycles. The lowest BCUT2D eigenvalue weighted by atomic mass is 10.1. The summed E-state index contributed by atoms with van der Waals surface area (Å²) in [7, 11) is -1.60. The van der Waals surface area contributed by atoms with Gasteiger partial charge in [0, 0.05) is 5.39 Å². The highest BCUT2D eigenvalue weighted by atomic mass is 32.2. The fourth-order valence-electron chi connectivity index (χ4n) is 2.58. The van der Waals surface area contributed by atoms with Crippen molar-refractivity contribution < 1.29 is 13.0 Å². The number of benzene rings is 2. The first kappa shape index (κ1) is 14.0. The third-order valence-corrected chi connectivity index (χ3v) is 5.07. The predicted octanol–water partition coefficient (Wildman–Crippen LogP) is 4.66. The summed E-state index contributed by atoms with van der Waals surface area (Å²) in [4.78, 5) is 0.740. The van der Waals surface area contributed by atoms with Gasteiger partial charge in [0.15, 0.2) is 0 Å². The van der Waals surface area contributed by atoms with Crippen LogP contribution >= 0.6 is 0 Å². The molecule has 0 amide bonds. The molecule has 0 aliphatic rings. The maximum atomic E-state index is 13.9. The van der Waals surface area contributed by atoms with E-state index in [2.05, 4.69) is 0 Å². The number of halogens is 1. The minimum Gasteiger partial charge on any atom is -0.460 e. The first-order valence-electron chi connectivity index (χ1n) is 6.65. The fourth-order valence-corrected chi connectivity index (χ4v) is 3.90. The molecule has 0 spiro atoms. The molecular formula is C17H15FO2S. The molecule has 0 radical (unpaired) electrons. The van der Waals surface area contributed by atoms with Gasteiger partial charge in [-0.2, -0.15) is 0 Å². The van der Waals surface area contributed by atoms with Crippen LogP contribution in [0.15, 0.2) is 50.6 Å². The van der Waals surface area contributed by atoms with Crippen molar-refractivity contribution in [1.29, 1.82) is 0 Å². The third kappa shape index (κ3) is 2.29. The Bertz CT molecular complexity index is 865. The first-order chi connectivity index (χ1) is 9.99. The molecule has 2 nitrogen and oxygen atoms in total. The van der Waals surface area contributed by atoms with Crippen molar-refractivity contribution in [2.45, 2.75) is 30.6 Å². The number of hydrogen-bond donors (Lipinski definition) is 0. The van der Waals surface area contributed by atoms with Gasteiger partial charge in [0.2, 0.25) is 0 Å². The normalized spacial score (nSPS) is 12.8. The standard InChI is InChI=1S/C17H15FO2S/c1-10-8-11(2)16-13(9-10)17(12(3)20-16)21(19)15-7-5-4-6-14(15)18/h4-9H,1-3H3/t21-/m1/s1. The zero-order valence-corrected chi connectivity index (χ0v) is 12.9. The fraction of sp³-hybridized carbons (Fsp3) is 0.176. The largest absolute Gasteiger partial charge is 0.460 e. The van der Waals surface area contributed by atoms with Gasteiger partial charge in [-0.1, -0.05) is 18.2 Å². The maximum Gasteiger partial charge on any atom is 0.139 e. The van der Waals surface area contributed by atoms with Gasteiger partial charge in [-0.15, -0.1) is 0 Å². The van der Waals surface area contributed by atoms with Crippen molar-refractivity contribution in [3.05, 3.63) is 59.1 Å². The lowest BCUT2D eigenvalue weighted by Gasteiger charge is -2.04. The molecule has 2 aromatic carbocycles. The highest BCUT2D eigenvalue weighted by Gasteiger charge is 2.21. The Morgan fingerprint density at radius 3 is 2.52 bits per heavy atom. The summed E-state index contributed by atoms with van der Waals surface area (Å²) >= 11 is 0. The van der Waals surface area contributed by atoms with Gasteiger partial charge in [-0.3, -0.25) is 0 Å². The molecule has 0 saturated heterocycles. The number of furan rings is 1. The summed E-state index contributed by atoms with van der Waals surface area (Å²) in [5.74, 6) is 0.106. The molecule has 3 rings (SSSR count). The van der Waals surface area contributed by atoms with Crippen LogP contribution in [0, 0.1) is 26.6 Å². The maximum absolute atomic E-state index is 13.9. The second-order valence-corrected chi connectivity index (χ2v) is 6.53. The Hall–Kier alpha value is -1.94. The van der Waals surface area contributed by atoms with Crippen LogP contribution in [0.4, 0.5) is 4.39 Å². The van der Waals surface area contributed by atoms with E-state index in [4.69, 9.17) is 4.42 Å². The van der Waals surface area contributed by atoms with Crippen molar-refractivity contribution in [1.82, 2.24) is 0 Å². The van der Waals surface area contributed by atoms with E-state index in [1.54, 1.807) is 25.1 Å². The zero-order chi connectivity index (χ0) is 15.1. The topological polar surface area (TPSA) is 30.2 Å². The van der Waals surface area contributed by atoms with E-state index in [9.17, 15) is 8.60 Å².